The predicted octanol–water partition coefficient (Wildman–Crippen LogP) is 2.95. The van der Waals surface area contributed by atoms with Gasteiger partial charge in [0, 0.05) is 50.4 Å². The first-order valence-electron chi connectivity index (χ1n) is 9.72. The van der Waals surface area contributed by atoms with E-state index in [1.54, 1.807) is 7.11 Å². The number of hydrogen-bond donors (Lipinski definition) is 1. The van der Waals surface area contributed by atoms with Crippen molar-refractivity contribution in [3.05, 3.63) is 47.4 Å². The molecule has 0 atom stereocenters. The van der Waals surface area contributed by atoms with Crippen molar-refractivity contribution in [2.24, 2.45) is 0 Å². The van der Waals surface area contributed by atoms with E-state index in [1.807, 2.05) is 42.2 Å². The zero-order chi connectivity index (χ0) is 20.1. The van der Waals surface area contributed by atoms with Crippen molar-refractivity contribution in [2.75, 3.05) is 38.2 Å². The third-order valence-electron chi connectivity index (χ3n) is 4.84. The van der Waals surface area contributed by atoms with Crippen LogP contribution in [0.1, 0.15) is 36.8 Å². The molecule has 0 spiro atoms. The quantitative estimate of drug-likeness (QED) is 0.860. The van der Waals surface area contributed by atoms with Gasteiger partial charge in [0.2, 0.25) is 0 Å². The maximum atomic E-state index is 12.5. The number of carbonyl (C=O) groups is 1. The Kier molecular flexibility index (Phi) is 6.34. The minimum Gasteiger partial charge on any atom is -0.497 e. The van der Waals surface area contributed by atoms with E-state index in [1.165, 1.54) is 0 Å². The molecule has 7 nitrogen and oxygen atoms in total. The highest BCUT2D eigenvalue weighted by Crippen LogP contribution is 2.19. The lowest BCUT2D eigenvalue weighted by molar-refractivity contribution is 0.194. The van der Waals surface area contributed by atoms with Gasteiger partial charge in [-0.05, 0) is 24.6 Å². The van der Waals surface area contributed by atoms with Crippen LogP contribution in [0.25, 0.3) is 0 Å². The number of methoxy groups -OCH3 is 1. The van der Waals surface area contributed by atoms with Crippen LogP contribution in [0.3, 0.4) is 0 Å². The summed E-state index contributed by atoms with van der Waals surface area (Å²) in [5, 5.41) is 3.00. The first-order valence-corrected chi connectivity index (χ1v) is 9.72. The van der Waals surface area contributed by atoms with Crippen LogP contribution in [0, 0.1) is 6.92 Å². The number of rotatable bonds is 5. The summed E-state index contributed by atoms with van der Waals surface area (Å²) in [6.45, 7) is 9.56. The first-order chi connectivity index (χ1) is 13.5. The molecule has 7 heteroatoms. The third-order valence-corrected chi connectivity index (χ3v) is 4.84. The molecule has 1 N–H and O–H groups in total. The zero-order valence-electron chi connectivity index (χ0n) is 17.1. The maximum Gasteiger partial charge on any atom is 0.317 e. The largest absolute Gasteiger partial charge is 0.497 e. The number of benzene rings is 1. The van der Waals surface area contributed by atoms with Crippen LogP contribution in [-0.4, -0.2) is 54.2 Å². The first kappa shape index (κ1) is 19.9. The van der Waals surface area contributed by atoms with E-state index in [-0.39, 0.29) is 6.03 Å². The Bertz CT molecular complexity index is 816. The topological polar surface area (TPSA) is 70.6 Å². The van der Waals surface area contributed by atoms with Gasteiger partial charge in [0.15, 0.2) is 0 Å². The molecule has 2 amide bonds. The summed E-state index contributed by atoms with van der Waals surface area (Å²) in [7, 11) is 1.64. The SMILES string of the molecule is COc1cccc(CNC(=O)N2CCN(c3cc(C)nc(C(C)C)n3)CC2)c1. The number of nitrogens with one attached hydrogen (secondary N) is 1. The van der Waals surface area contributed by atoms with Gasteiger partial charge in [0.05, 0.1) is 7.11 Å². The van der Waals surface area contributed by atoms with E-state index >= 15 is 0 Å². The van der Waals surface area contributed by atoms with Crippen LogP contribution in [0.4, 0.5) is 10.6 Å². The molecule has 0 bridgehead atoms. The molecule has 0 aliphatic carbocycles. The highest BCUT2D eigenvalue weighted by atomic mass is 16.5. The molecule has 1 aliphatic rings. The molecule has 0 unspecified atom stereocenters. The Balaban J connectivity index is 1.54. The standard InChI is InChI=1S/C21H29N5O2/c1-15(2)20-23-16(3)12-19(24-20)25-8-10-26(11-9-25)21(27)22-14-17-6-5-7-18(13-17)28-4/h5-7,12-13,15H,8-11,14H2,1-4H3,(H,22,27). The lowest BCUT2D eigenvalue weighted by Gasteiger charge is -2.35. The van der Waals surface area contributed by atoms with Gasteiger partial charge in [-0.25, -0.2) is 14.8 Å². The zero-order valence-corrected chi connectivity index (χ0v) is 17.1. The Morgan fingerprint density at radius 1 is 1.18 bits per heavy atom. The number of urea groups is 1. The average Bonchev–Trinajstić information content (AvgIpc) is 2.71. The lowest BCUT2D eigenvalue weighted by atomic mass is 10.2. The summed E-state index contributed by atoms with van der Waals surface area (Å²) in [6, 6.07) is 9.71. The number of carbonyl (C=O) groups excluding carboxylic acids is 1. The summed E-state index contributed by atoms with van der Waals surface area (Å²) in [5.41, 5.74) is 2.00. The normalized spacial score (nSPS) is 14.3. The van der Waals surface area contributed by atoms with Crippen molar-refractivity contribution in [1.29, 1.82) is 0 Å². The highest BCUT2D eigenvalue weighted by Gasteiger charge is 2.22. The monoisotopic (exact) mass is 383 g/mol. The molecule has 3 rings (SSSR count). The molecule has 28 heavy (non-hydrogen) atoms. The number of hydrogen-bond acceptors (Lipinski definition) is 5. The van der Waals surface area contributed by atoms with Gasteiger partial charge in [-0.2, -0.15) is 0 Å². The van der Waals surface area contributed by atoms with Gasteiger partial charge in [-0.1, -0.05) is 26.0 Å². The highest BCUT2D eigenvalue weighted by molar-refractivity contribution is 5.74. The number of amides is 2. The molecule has 1 aromatic carbocycles. The van der Waals surface area contributed by atoms with Crippen molar-refractivity contribution in [2.45, 2.75) is 33.2 Å². The van der Waals surface area contributed by atoms with Crippen molar-refractivity contribution in [1.82, 2.24) is 20.2 Å². The number of aryl methyl sites for hydroxylation is 1. The van der Waals surface area contributed by atoms with Gasteiger partial charge in [0.25, 0.3) is 0 Å². The van der Waals surface area contributed by atoms with Gasteiger partial charge >= 0.3 is 6.03 Å². The molecule has 1 aromatic heterocycles. The fraction of sp³-hybridized carbons (Fsp3) is 0.476. The van der Waals surface area contributed by atoms with E-state index in [9.17, 15) is 4.79 Å². The number of piperazine rings is 1. The summed E-state index contributed by atoms with van der Waals surface area (Å²) in [4.78, 5) is 25.8. The van der Waals surface area contributed by atoms with Crippen molar-refractivity contribution < 1.29 is 9.53 Å². The molecular weight excluding hydrogens is 354 g/mol. The summed E-state index contributed by atoms with van der Waals surface area (Å²) in [5.74, 6) is 2.91. The van der Waals surface area contributed by atoms with Crippen LogP contribution in [-0.2, 0) is 6.54 Å². The number of nitrogens with zero attached hydrogens (tertiary/aromatic N) is 4. The van der Waals surface area contributed by atoms with E-state index in [0.717, 1.165) is 41.7 Å². The number of ether oxygens (including phenoxy) is 1. The van der Waals surface area contributed by atoms with E-state index in [4.69, 9.17) is 9.72 Å². The second-order valence-electron chi connectivity index (χ2n) is 7.36. The smallest absolute Gasteiger partial charge is 0.317 e. The maximum absolute atomic E-state index is 12.5. The number of anilines is 1. The van der Waals surface area contributed by atoms with Gasteiger partial charge in [-0.15, -0.1) is 0 Å². The fourth-order valence-corrected chi connectivity index (χ4v) is 3.21. The van der Waals surface area contributed by atoms with Gasteiger partial charge in [0.1, 0.15) is 17.4 Å². The lowest BCUT2D eigenvalue weighted by Crippen LogP contribution is -2.52. The summed E-state index contributed by atoms with van der Waals surface area (Å²) in [6.07, 6.45) is 0. The molecule has 1 fully saturated rings. The molecule has 2 aromatic rings. The Morgan fingerprint density at radius 2 is 1.93 bits per heavy atom. The van der Waals surface area contributed by atoms with Crippen LogP contribution in [0.2, 0.25) is 0 Å². The second kappa shape index (κ2) is 8.91. The second-order valence-corrected chi connectivity index (χ2v) is 7.36. The summed E-state index contributed by atoms with van der Waals surface area (Å²) < 4.78 is 5.22. The minimum absolute atomic E-state index is 0.0378. The Labute approximate surface area is 166 Å². The van der Waals surface area contributed by atoms with Crippen LogP contribution in [0.15, 0.2) is 30.3 Å². The van der Waals surface area contributed by atoms with Crippen LogP contribution < -0.4 is 15.0 Å². The van der Waals surface area contributed by atoms with Gasteiger partial charge in [-0.3, -0.25) is 0 Å². The van der Waals surface area contributed by atoms with E-state index in [2.05, 4.69) is 29.0 Å². The van der Waals surface area contributed by atoms with E-state index in [0.29, 0.717) is 25.6 Å². The molecule has 150 valence electrons. The fourth-order valence-electron chi connectivity index (χ4n) is 3.21. The molecule has 0 radical (unpaired) electrons. The Morgan fingerprint density at radius 3 is 2.61 bits per heavy atom. The average molecular weight is 383 g/mol. The molecule has 0 saturated carbocycles. The minimum atomic E-state index is -0.0378. The molecular formula is C21H29N5O2. The van der Waals surface area contributed by atoms with Gasteiger partial charge < -0.3 is 19.9 Å². The van der Waals surface area contributed by atoms with Crippen LogP contribution in [0.5, 0.6) is 5.75 Å². The van der Waals surface area contributed by atoms with E-state index < -0.39 is 0 Å². The van der Waals surface area contributed by atoms with Crippen LogP contribution >= 0.6 is 0 Å². The van der Waals surface area contributed by atoms with Crippen molar-refractivity contribution in [3.8, 4) is 5.75 Å². The predicted molar refractivity (Wildman–Crippen MR) is 110 cm³/mol. The Hall–Kier alpha value is -2.83. The van der Waals surface area contributed by atoms with Crippen molar-refractivity contribution in [3.63, 3.8) is 0 Å². The summed E-state index contributed by atoms with van der Waals surface area (Å²) >= 11 is 0. The number of aromatic nitrogens is 2. The molecule has 1 aliphatic heterocycles. The van der Waals surface area contributed by atoms with Crippen molar-refractivity contribution >= 4 is 11.8 Å². The third kappa shape index (κ3) is 4.91. The molecule has 2 heterocycles. The molecule has 1 saturated heterocycles.